The number of ketones is 1. The number of benzene rings is 2. The molecule has 6 nitrogen and oxygen atoms in total. The molecule has 1 N–H and O–H groups in total. The van der Waals surface area contributed by atoms with Gasteiger partial charge in [0.1, 0.15) is 5.83 Å². The van der Waals surface area contributed by atoms with E-state index in [1.54, 1.807) is 30.5 Å². The highest BCUT2D eigenvalue weighted by atomic mass is 32.2. The predicted molar refractivity (Wildman–Crippen MR) is 129 cm³/mol. The minimum absolute atomic E-state index is 0.0122. The average Bonchev–Trinajstić information content (AvgIpc) is 2.73. The van der Waals surface area contributed by atoms with Crippen LogP contribution >= 0.6 is 0 Å². The number of anilines is 1. The topological polar surface area (TPSA) is 89.0 Å². The van der Waals surface area contributed by atoms with Crippen molar-refractivity contribution >= 4 is 38.1 Å². The molecular weight excluding hydrogens is 441 g/mol. The summed E-state index contributed by atoms with van der Waals surface area (Å²) in [5.41, 5.74) is 4.51. The normalized spacial score (nSPS) is 14.8. The van der Waals surface area contributed by atoms with Crippen LogP contribution in [0, 0.1) is 0 Å². The first-order valence-electron chi connectivity index (χ1n) is 10.4. The SMILES string of the molecule is CC(C)(C)c1cc(C2=CC(F)=CCC2=O)c2ncc(-c3ccc(NS(C)(=O)=O)cc3)nc2c1. The Kier molecular flexibility index (Phi) is 5.66. The number of allylic oxidation sites excluding steroid dienone is 4. The third kappa shape index (κ3) is 5.01. The molecule has 0 aliphatic heterocycles. The fourth-order valence-corrected chi connectivity index (χ4v) is 4.19. The van der Waals surface area contributed by atoms with E-state index in [2.05, 4.69) is 30.5 Å². The lowest BCUT2D eigenvalue weighted by Gasteiger charge is -2.22. The molecule has 0 spiro atoms. The standard InChI is InChI=1S/C25H24FN3O3S/c1-25(2,3)16-11-20(19-13-17(26)7-10-23(19)30)24-21(12-16)28-22(14-27-24)15-5-8-18(9-6-15)29-33(4,31)32/h5-9,11-14,29H,10H2,1-4H3. The Morgan fingerprint density at radius 3 is 2.42 bits per heavy atom. The Hall–Kier alpha value is -3.39. The van der Waals surface area contributed by atoms with E-state index in [-0.39, 0.29) is 17.6 Å². The van der Waals surface area contributed by atoms with Crippen molar-refractivity contribution in [3.05, 3.63) is 71.7 Å². The molecule has 2 aromatic carbocycles. The van der Waals surface area contributed by atoms with Gasteiger partial charge in [0.25, 0.3) is 0 Å². The predicted octanol–water partition coefficient (Wildman–Crippen LogP) is 5.18. The molecule has 0 saturated heterocycles. The maximum atomic E-state index is 14.0. The second-order valence-corrected chi connectivity index (χ2v) is 10.9. The van der Waals surface area contributed by atoms with Gasteiger partial charge in [-0.15, -0.1) is 0 Å². The zero-order chi connectivity index (χ0) is 24.0. The quantitative estimate of drug-likeness (QED) is 0.574. The monoisotopic (exact) mass is 465 g/mol. The van der Waals surface area contributed by atoms with E-state index >= 15 is 0 Å². The van der Waals surface area contributed by atoms with E-state index in [4.69, 9.17) is 4.98 Å². The summed E-state index contributed by atoms with van der Waals surface area (Å²) < 4.78 is 39.3. The summed E-state index contributed by atoms with van der Waals surface area (Å²) in [6, 6.07) is 10.6. The molecule has 0 radical (unpaired) electrons. The molecule has 1 aromatic heterocycles. The third-order valence-electron chi connectivity index (χ3n) is 5.35. The Balaban J connectivity index is 1.85. The second-order valence-electron chi connectivity index (χ2n) is 9.12. The number of Topliss-reactive ketones (excluding diaryl/α,β-unsaturated/α-hetero) is 1. The maximum absolute atomic E-state index is 14.0. The second kappa shape index (κ2) is 8.19. The minimum Gasteiger partial charge on any atom is -0.294 e. The minimum atomic E-state index is -3.37. The largest absolute Gasteiger partial charge is 0.294 e. The summed E-state index contributed by atoms with van der Waals surface area (Å²) in [4.78, 5) is 22.0. The summed E-state index contributed by atoms with van der Waals surface area (Å²) in [5, 5.41) is 0. The van der Waals surface area contributed by atoms with Crippen molar-refractivity contribution in [1.29, 1.82) is 0 Å². The highest BCUT2D eigenvalue weighted by Gasteiger charge is 2.23. The molecule has 4 rings (SSSR count). The maximum Gasteiger partial charge on any atom is 0.229 e. The number of carbonyl (C=O) groups excluding carboxylic acids is 1. The van der Waals surface area contributed by atoms with Gasteiger partial charge in [0, 0.05) is 28.8 Å². The molecule has 1 aliphatic rings. The number of fused-ring (bicyclic) bond motifs is 1. The summed E-state index contributed by atoms with van der Waals surface area (Å²) >= 11 is 0. The van der Waals surface area contributed by atoms with Crippen molar-refractivity contribution in [2.75, 3.05) is 11.0 Å². The van der Waals surface area contributed by atoms with Crippen LogP contribution in [0.2, 0.25) is 0 Å². The number of halogens is 1. The van der Waals surface area contributed by atoms with Gasteiger partial charge >= 0.3 is 0 Å². The number of nitrogens with zero attached hydrogens (tertiary/aromatic N) is 2. The van der Waals surface area contributed by atoms with Crippen LogP contribution in [0.4, 0.5) is 10.1 Å². The van der Waals surface area contributed by atoms with Crippen LogP contribution in [0.1, 0.15) is 38.3 Å². The first-order valence-corrected chi connectivity index (χ1v) is 12.3. The van der Waals surface area contributed by atoms with Crippen LogP contribution in [-0.4, -0.2) is 30.4 Å². The van der Waals surface area contributed by atoms with Gasteiger partial charge in [0.2, 0.25) is 10.0 Å². The van der Waals surface area contributed by atoms with E-state index < -0.39 is 15.9 Å². The Bertz CT molecular complexity index is 1430. The number of nitrogens with one attached hydrogen (secondary N) is 1. The Morgan fingerprint density at radius 2 is 1.79 bits per heavy atom. The number of hydrogen-bond donors (Lipinski definition) is 1. The number of aromatic nitrogens is 2. The van der Waals surface area contributed by atoms with Crippen LogP contribution < -0.4 is 4.72 Å². The van der Waals surface area contributed by atoms with Gasteiger partial charge in [-0.1, -0.05) is 32.9 Å². The van der Waals surface area contributed by atoms with Gasteiger partial charge in [0.05, 0.1) is 29.2 Å². The molecule has 33 heavy (non-hydrogen) atoms. The van der Waals surface area contributed by atoms with Crippen LogP contribution in [0.3, 0.4) is 0 Å². The zero-order valence-electron chi connectivity index (χ0n) is 18.8. The lowest BCUT2D eigenvalue weighted by Crippen LogP contribution is -2.13. The van der Waals surface area contributed by atoms with Crippen molar-refractivity contribution < 1.29 is 17.6 Å². The summed E-state index contributed by atoms with van der Waals surface area (Å²) in [5.74, 6) is -0.602. The Morgan fingerprint density at radius 1 is 1.09 bits per heavy atom. The lowest BCUT2D eigenvalue weighted by atomic mass is 9.83. The molecular formula is C25H24FN3O3S. The summed E-state index contributed by atoms with van der Waals surface area (Å²) in [7, 11) is -3.37. The highest BCUT2D eigenvalue weighted by molar-refractivity contribution is 7.92. The van der Waals surface area contributed by atoms with Crippen molar-refractivity contribution in [3.8, 4) is 11.3 Å². The third-order valence-corrected chi connectivity index (χ3v) is 5.96. The van der Waals surface area contributed by atoms with Crippen LogP contribution in [-0.2, 0) is 20.2 Å². The van der Waals surface area contributed by atoms with Gasteiger partial charge in [0.15, 0.2) is 5.78 Å². The van der Waals surface area contributed by atoms with Crippen molar-refractivity contribution in [1.82, 2.24) is 9.97 Å². The molecule has 8 heteroatoms. The van der Waals surface area contributed by atoms with Crippen LogP contribution in [0.25, 0.3) is 27.9 Å². The van der Waals surface area contributed by atoms with E-state index in [0.717, 1.165) is 17.4 Å². The molecule has 0 unspecified atom stereocenters. The van der Waals surface area contributed by atoms with E-state index in [1.807, 2.05) is 12.1 Å². The Labute approximate surface area is 192 Å². The molecule has 0 atom stereocenters. The molecule has 0 amide bonds. The van der Waals surface area contributed by atoms with Gasteiger partial charge in [-0.05, 0) is 47.4 Å². The molecule has 1 heterocycles. The van der Waals surface area contributed by atoms with Crippen molar-refractivity contribution in [3.63, 3.8) is 0 Å². The van der Waals surface area contributed by atoms with Gasteiger partial charge in [-0.3, -0.25) is 14.5 Å². The van der Waals surface area contributed by atoms with Crippen LogP contribution in [0.5, 0.6) is 0 Å². The molecule has 0 saturated carbocycles. The average molecular weight is 466 g/mol. The first kappa shape index (κ1) is 22.8. The van der Waals surface area contributed by atoms with Gasteiger partial charge in [-0.25, -0.2) is 17.8 Å². The number of carbonyl (C=O) groups is 1. The number of sulfonamides is 1. The smallest absolute Gasteiger partial charge is 0.229 e. The fourth-order valence-electron chi connectivity index (χ4n) is 3.63. The zero-order valence-corrected chi connectivity index (χ0v) is 19.6. The van der Waals surface area contributed by atoms with Crippen molar-refractivity contribution in [2.24, 2.45) is 0 Å². The van der Waals surface area contributed by atoms with E-state index in [1.165, 1.54) is 12.2 Å². The van der Waals surface area contributed by atoms with Gasteiger partial charge < -0.3 is 0 Å². The molecule has 170 valence electrons. The summed E-state index contributed by atoms with van der Waals surface area (Å²) in [6.45, 7) is 6.17. The molecule has 0 bridgehead atoms. The number of rotatable bonds is 4. The first-order chi connectivity index (χ1) is 15.4. The fraction of sp³-hybridized carbons (Fsp3) is 0.240. The van der Waals surface area contributed by atoms with Crippen molar-refractivity contribution in [2.45, 2.75) is 32.6 Å². The lowest BCUT2D eigenvalue weighted by molar-refractivity contribution is -0.113. The molecule has 0 fully saturated rings. The molecule has 1 aliphatic carbocycles. The number of hydrogen-bond acceptors (Lipinski definition) is 5. The highest BCUT2D eigenvalue weighted by Crippen LogP contribution is 2.34. The summed E-state index contributed by atoms with van der Waals surface area (Å²) in [6.07, 6.45) is 5.23. The van der Waals surface area contributed by atoms with E-state index in [9.17, 15) is 17.6 Å². The van der Waals surface area contributed by atoms with Crippen LogP contribution in [0.15, 0.2) is 60.6 Å². The van der Waals surface area contributed by atoms with E-state index in [0.29, 0.717) is 33.6 Å². The van der Waals surface area contributed by atoms with Gasteiger partial charge in [-0.2, -0.15) is 0 Å². The molecule has 3 aromatic rings.